The Labute approximate surface area is 113 Å². The maximum atomic E-state index is 11.9. The third kappa shape index (κ3) is 9.46. The highest BCUT2D eigenvalue weighted by Crippen LogP contribution is 2.25. The van der Waals surface area contributed by atoms with E-state index in [2.05, 4.69) is 39.9 Å². The summed E-state index contributed by atoms with van der Waals surface area (Å²) in [4.78, 5) is 11.9. The van der Waals surface area contributed by atoms with Crippen molar-refractivity contribution in [2.24, 2.45) is 17.1 Å². The van der Waals surface area contributed by atoms with Crippen molar-refractivity contribution in [1.82, 2.24) is 5.32 Å². The minimum Gasteiger partial charge on any atom is -0.352 e. The lowest BCUT2D eigenvalue weighted by molar-refractivity contribution is -0.122. The van der Waals surface area contributed by atoms with Gasteiger partial charge in [0.25, 0.3) is 0 Å². The Bertz CT molecular complexity index is 233. The van der Waals surface area contributed by atoms with Crippen LogP contribution < -0.4 is 11.1 Å². The largest absolute Gasteiger partial charge is 0.352 e. The summed E-state index contributed by atoms with van der Waals surface area (Å²) in [5, 5.41) is 3.05. The highest BCUT2D eigenvalue weighted by Gasteiger charge is 2.18. The molecule has 0 heterocycles. The molecule has 0 aromatic heterocycles. The van der Waals surface area contributed by atoms with Gasteiger partial charge in [-0.2, -0.15) is 0 Å². The van der Waals surface area contributed by atoms with Gasteiger partial charge in [0.05, 0.1) is 0 Å². The summed E-state index contributed by atoms with van der Waals surface area (Å²) < 4.78 is 0. The van der Waals surface area contributed by atoms with Gasteiger partial charge in [0.1, 0.15) is 0 Å². The molecule has 0 spiro atoms. The highest BCUT2D eigenvalue weighted by molar-refractivity contribution is 5.76. The summed E-state index contributed by atoms with van der Waals surface area (Å²) in [6.45, 7) is 11.5. The molecule has 3 nitrogen and oxygen atoms in total. The van der Waals surface area contributed by atoms with Gasteiger partial charge in [-0.05, 0) is 24.2 Å². The van der Waals surface area contributed by atoms with Crippen molar-refractivity contribution in [2.75, 3.05) is 6.54 Å². The predicted molar refractivity (Wildman–Crippen MR) is 78.4 cm³/mol. The number of hydrogen-bond acceptors (Lipinski definition) is 2. The molecule has 3 heteroatoms. The van der Waals surface area contributed by atoms with E-state index in [1.807, 2.05) is 0 Å². The minimum atomic E-state index is 0.151. The summed E-state index contributed by atoms with van der Waals surface area (Å²) in [5.74, 6) is 0.577. The highest BCUT2D eigenvalue weighted by atomic mass is 16.1. The van der Waals surface area contributed by atoms with Crippen LogP contribution in [0.3, 0.4) is 0 Å². The Hall–Kier alpha value is -0.570. The van der Waals surface area contributed by atoms with Gasteiger partial charge in [-0.1, -0.05) is 47.5 Å². The zero-order valence-corrected chi connectivity index (χ0v) is 12.9. The first kappa shape index (κ1) is 17.4. The van der Waals surface area contributed by atoms with Gasteiger partial charge >= 0.3 is 0 Å². The van der Waals surface area contributed by atoms with Crippen LogP contribution in [0.15, 0.2) is 0 Å². The van der Waals surface area contributed by atoms with Crippen LogP contribution in [0.2, 0.25) is 0 Å². The fourth-order valence-electron chi connectivity index (χ4n) is 2.42. The second-order valence-corrected chi connectivity index (χ2v) is 6.72. The summed E-state index contributed by atoms with van der Waals surface area (Å²) in [6, 6.07) is 0.152. The smallest absolute Gasteiger partial charge is 0.220 e. The van der Waals surface area contributed by atoms with Crippen molar-refractivity contribution in [3.63, 3.8) is 0 Å². The van der Waals surface area contributed by atoms with Crippen molar-refractivity contribution in [3.05, 3.63) is 0 Å². The first-order valence-electron chi connectivity index (χ1n) is 7.28. The first-order valence-corrected chi connectivity index (χ1v) is 7.28. The number of rotatable bonds is 8. The quantitative estimate of drug-likeness (QED) is 0.701. The number of hydrogen-bond donors (Lipinski definition) is 2. The van der Waals surface area contributed by atoms with Crippen molar-refractivity contribution >= 4 is 5.91 Å². The number of amides is 1. The average molecular weight is 256 g/mol. The molecule has 0 fully saturated rings. The lowest BCUT2D eigenvalue weighted by atomic mass is 9.84. The third-order valence-corrected chi connectivity index (χ3v) is 3.05. The molecule has 0 aromatic rings. The molecule has 108 valence electrons. The maximum Gasteiger partial charge on any atom is 0.220 e. The molecule has 0 aromatic carbocycles. The molecule has 2 atom stereocenters. The van der Waals surface area contributed by atoms with E-state index < -0.39 is 0 Å². The van der Waals surface area contributed by atoms with E-state index in [-0.39, 0.29) is 17.4 Å². The number of nitrogens with one attached hydrogen (secondary N) is 1. The van der Waals surface area contributed by atoms with Crippen LogP contribution in [0.1, 0.15) is 66.7 Å². The van der Waals surface area contributed by atoms with E-state index in [4.69, 9.17) is 5.73 Å². The standard InChI is InChI=1S/C15H32N2O/c1-6-7-8-13(11-16)17-14(18)9-12(2)10-15(3,4)5/h12-13H,6-11,16H2,1-5H3,(H,17,18). The van der Waals surface area contributed by atoms with E-state index in [1.165, 1.54) is 0 Å². The molecule has 0 saturated carbocycles. The maximum absolute atomic E-state index is 11.9. The molecule has 0 saturated heterocycles. The normalized spacial score (nSPS) is 15.2. The summed E-state index contributed by atoms with van der Waals surface area (Å²) in [5.41, 5.74) is 5.97. The zero-order chi connectivity index (χ0) is 14.2. The fourth-order valence-corrected chi connectivity index (χ4v) is 2.42. The zero-order valence-electron chi connectivity index (χ0n) is 12.9. The summed E-state index contributed by atoms with van der Waals surface area (Å²) in [6.07, 6.45) is 4.95. The van der Waals surface area contributed by atoms with Crippen molar-refractivity contribution < 1.29 is 4.79 Å². The van der Waals surface area contributed by atoms with Crippen molar-refractivity contribution in [1.29, 1.82) is 0 Å². The van der Waals surface area contributed by atoms with E-state index in [0.717, 1.165) is 25.7 Å². The Balaban J connectivity index is 4.00. The predicted octanol–water partition coefficient (Wildman–Crippen LogP) is 3.08. The van der Waals surface area contributed by atoms with Crippen molar-refractivity contribution in [3.8, 4) is 0 Å². The van der Waals surface area contributed by atoms with Gasteiger partial charge in [0.15, 0.2) is 0 Å². The molecule has 0 aliphatic carbocycles. The molecule has 0 rings (SSSR count). The van der Waals surface area contributed by atoms with Crippen LogP contribution in [-0.2, 0) is 4.79 Å². The number of nitrogens with two attached hydrogens (primary N) is 1. The molecule has 0 aliphatic rings. The summed E-state index contributed by atoms with van der Waals surface area (Å²) >= 11 is 0. The first-order chi connectivity index (χ1) is 8.28. The van der Waals surface area contributed by atoms with Gasteiger partial charge in [-0.25, -0.2) is 0 Å². The van der Waals surface area contributed by atoms with Gasteiger partial charge < -0.3 is 11.1 Å². The second kappa shape index (κ2) is 8.52. The van der Waals surface area contributed by atoms with Gasteiger partial charge in [-0.3, -0.25) is 4.79 Å². The Morgan fingerprint density at radius 1 is 1.33 bits per heavy atom. The molecule has 18 heavy (non-hydrogen) atoms. The lowest BCUT2D eigenvalue weighted by Crippen LogP contribution is -2.40. The SMILES string of the molecule is CCCCC(CN)NC(=O)CC(C)CC(C)(C)C. The fraction of sp³-hybridized carbons (Fsp3) is 0.933. The van der Waals surface area contributed by atoms with E-state index in [1.54, 1.807) is 0 Å². The molecule has 0 aliphatic heterocycles. The molecule has 2 unspecified atom stereocenters. The molecule has 1 amide bonds. The number of unbranched alkanes of at least 4 members (excludes halogenated alkanes) is 1. The topological polar surface area (TPSA) is 55.1 Å². The van der Waals surface area contributed by atoms with Crippen LogP contribution in [-0.4, -0.2) is 18.5 Å². The van der Waals surface area contributed by atoms with Crippen LogP contribution in [0.5, 0.6) is 0 Å². The average Bonchev–Trinajstić information content (AvgIpc) is 2.20. The van der Waals surface area contributed by atoms with Gasteiger partial charge in [-0.15, -0.1) is 0 Å². The minimum absolute atomic E-state index is 0.151. The number of carbonyl (C=O) groups is 1. The second-order valence-electron chi connectivity index (χ2n) is 6.72. The van der Waals surface area contributed by atoms with Gasteiger partial charge in [0.2, 0.25) is 5.91 Å². The summed E-state index contributed by atoms with van der Waals surface area (Å²) in [7, 11) is 0. The molecular formula is C15H32N2O. The Morgan fingerprint density at radius 2 is 1.94 bits per heavy atom. The van der Waals surface area contributed by atoms with Crippen LogP contribution in [0.25, 0.3) is 0 Å². The number of carbonyl (C=O) groups excluding carboxylic acids is 1. The van der Waals surface area contributed by atoms with Crippen LogP contribution in [0, 0.1) is 11.3 Å². The van der Waals surface area contributed by atoms with E-state index in [0.29, 0.717) is 18.9 Å². The van der Waals surface area contributed by atoms with Crippen LogP contribution >= 0.6 is 0 Å². The molecular weight excluding hydrogens is 224 g/mol. The lowest BCUT2D eigenvalue weighted by Gasteiger charge is -2.24. The van der Waals surface area contributed by atoms with Gasteiger partial charge in [0, 0.05) is 19.0 Å². The monoisotopic (exact) mass is 256 g/mol. The Kier molecular flexibility index (Phi) is 8.25. The molecule has 0 bridgehead atoms. The van der Waals surface area contributed by atoms with E-state index >= 15 is 0 Å². The third-order valence-electron chi connectivity index (χ3n) is 3.05. The van der Waals surface area contributed by atoms with Crippen molar-refractivity contribution in [2.45, 2.75) is 72.8 Å². The Morgan fingerprint density at radius 3 is 2.39 bits per heavy atom. The molecule has 0 radical (unpaired) electrons. The molecule has 3 N–H and O–H groups in total. The van der Waals surface area contributed by atoms with E-state index in [9.17, 15) is 4.79 Å². The van der Waals surface area contributed by atoms with Crippen LogP contribution in [0.4, 0.5) is 0 Å².